The molecule has 0 bridgehead atoms. The Morgan fingerprint density at radius 2 is 2.10 bits per heavy atom. The summed E-state index contributed by atoms with van der Waals surface area (Å²) in [5.41, 5.74) is 0. The van der Waals surface area contributed by atoms with Crippen molar-refractivity contribution in [2.75, 3.05) is 32.8 Å². The van der Waals surface area contributed by atoms with Gasteiger partial charge in [-0.2, -0.15) is 0 Å². The molecule has 0 radical (unpaired) electrons. The predicted octanol–water partition coefficient (Wildman–Crippen LogP) is 3.18. The van der Waals surface area contributed by atoms with Gasteiger partial charge < -0.3 is 15.0 Å². The highest BCUT2D eigenvalue weighted by atomic mass is 35.5. The average molecular weight is 297 g/mol. The minimum atomic E-state index is 0.510. The van der Waals surface area contributed by atoms with Gasteiger partial charge in [0, 0.05) is 24.2 Å². The van der Waals surface area contributed by atoms with E-state index < -0.39 is 0 Å². The summed E-state index contributed by atoms with van der Waals surface area (Å²) in [4.78, 5) is 2.55. The fraction of sp³-hybridized carbons (Fsp3) is 0.625. The van der Waals surface area contributed by atoms with Crippen LogP contribution in [0, 0.1) is 0 Å². The molecule has 0 amide bonds. The Morgan fingerprint density at radius 3 is 2.85 bits per heavy atom. The van der Waals surface area contributed by atoms with Crippen molar-refractivity contribution < 1.29 is 4.74 Å². The molecule has 1 saturated heterocycles. The third-order valence-electron chi connectivity index (χ3n) is 3.64. The van der Waals surface area contributed by atoms with Crippen LogP contribution < -0.4 is 10.1 Å². The van der Waals surface area contributed by atoms with Crippen LogP contribution in [0.15, 0.2) is 24.3 Å². The van der Waals surface area contributed by atoms with Crippen LogP contribution in [0.2, 0.25) is 5.02 Å². The Balaban J connectivity index is 1.58. The van der Waals surface area contributed by atoms with Crippen LogP contribution in [-0.2, 0) is 0 Å². The van der Waals surface area contributed by atoms with Gasteiger partial charge in [0.2, 0.25) is 0 Å². The molecule has 0 aromatic heterocycles. The molecule has 3 nitrogen and oxygen atoms in total. The van der Waals surface area contributed by atoms with Gasteiger partial charge in [0.15, 0.2) is 0 Å². The van der Waals surface area contributed by atoms with Crippen molar-refractivity contribution >= 4 is 11.6 Å². The molecule has 112 valence electrons. The number of nitrogens with one attached hydrogen (secondary N) is 1. The monoisotopic (exact) mass is 296 g/mol. The van der Waals surface area contributed by atoms with Crippen molar-refractivity contribution in [3.8, 4) is 5.75 Å². The summed E-state index contributed by atoms with van der Waals surface area (Å²) in [7, 11) is 0. The first-order chi connectivity index (χ1) is 9.74. The minimum absolute atomic E-state index is 0.510. The van der Waals surface area contributed by atoms with E-state index in [-0.39, 0.29) is 0 Å². The van der Waals surface area contributed by atoms with Crippen molar-refractivity contribution in [2.45, 2.75) is 32.2 Å². The standard InChI is InChI=1S/C16H25ClN2O/c1-14(13-19-9-3-2-4-10-19)18-8-11-20-16-7-5-6-15(17)12-16/h5-7,12,14,18H,2-4,8-11,13H2,1H3. The van der Waals surface area contributed by atoms with Gasteiger partial charge in [0.25, 0.3) is 0 Å². The molecule has 0 aliphatic carbocycles. The number of hydrogen-bond donors (Lipinski definition) is 1. The lowest BCUT2D eigenvalue weighted by atomic mass is 10.1. The highest BCUT2D eigenvalue weighted by molar-refractivity contribution is 6.30. The lowest BCUT2D eigenvalue weighted by Crippen LogP contribution is -2.42. The Hall–Kier alpha value is -0.770. The van der Waals surface area contributed by atoms with Crippen LogP contribution >= 0.6 is 11.6 Å². The number of nitrogens with zero attached hydrogens (tertiary/aromatic N) is 1. The normalized spacial score (nSPS) is 17.9. The SMILES string of the molecule is CC(CN1CCCCC1)NCCOc1cccc(Cl)c1. The predicted molar refractivity (Wildman–Crippen MR) is 84.7 cm³/mol. The van der Waals surface area contributed by atoms with Crippen LogP contribution in [0.3, 0.4) is 0 Å². The van der Waals surface area contributed by atoms with Crippen LogP contribution in [0.1, 0.15) is 26.2 Å². The van der Waals surface area contributed by atoms with Gasteiger partial charge in [-0.05, 0) is 51.1 Å². The number of likely N-dealkylation sites (tertiary alicyclic amines) is 1. The van der Waals surface area contributed by atoms with E-state index in [0.717, 1.165) is 18.8 Å². The lowest BCUT2D eigenvalue weighted by molar-refractivity contribution is 0.205. The molecule has 2 rings (SSSR count). The summed E-state index contributed by atoms with van der Waals surface area (Å²) in [6.45, 7) is 7.42. The Morgan fingerprint density at radius 1 is 1.30 bits per heavy atom. The van der Waals surface area contributed by atoms with Crippen LogP contribution in [-0.4, -0.2) is 43.7 Å². The molecular weight excluding hydrogens is 272 g/mol. The number of piperidine rings is 1. The summed E-state index contributed by atoms with van der Waals surface area (Å²) in [6, 6.07) is 8.05. The van der Waals surface area contributed by atoms with Gasteiger partial charge in [-0.3, -0.25) is 0 Å². The molecule has 0 saturated carbocycles. The molecule has 1 N–H and O–H groups in total. The molecule has 1 heterocycles. The summed E-state index contributed by atoms with van der Waals surface area (Å²) in [6.07, 6.45) is 4.10. The second-order valence-electron chi connectivity index (χ2n) is 5.52. The van der Waals surface area contributed by atoms with Crippen LogP contribution in [0.25, 0.3) is 0 Å². The zero-order chi connectivity index (χ0) is 14.2. The maximum Gasteiger partial charge on any atom is 0.120 e. The molecule has 1 aromatic rings. The molecule has 1 atom stereocenters. The quantitative estimate of drug-likeness (QED) is 0.782. The number of halogens is 1. The van der Waals surface area contributed by atoms with Crippen LogP contribution in [0.4, 0.5) is 0 Å². The van der Waals surface area contributed by atoms with Crippen molar-refractivity contribution in [1.82, 2.24) is 10.2 Å². The Labute approximate surface area is 127 Å². The lowest BCUT2D eigenvalue weighted by Gasteiger charge is -2.29. The van der Waals surface area contributed by atoms with E-state index in [1.807, 2.05) is 24.3 Å². The highest BCUT2D eigenvalue weighted by Crippen LogP contribution is 2.16. The molecule has 1 fully saturated rings. The number of rotatable bonds is 7. The van der Waals surface area contributed by atoms with Crippen molar-refractivity contribution in [2.24, 2.45) is 0 Å². The van der Waals surface area contributed by atoms with Gasteiger partial charge >= 0.3 is 0 Å². The van der Waals surface area contributed by atoms with E-state index in [1.165, 1.54) is 32.4 Å². The summed E-state index contributed by atoms with van der Waals surface area (Å²) < 4.78 is 5.67. The molecule has 1 aliphatic rings. The first-order valence-electron chi connectivity index (χ1n) is 7.58. The largest absolute Gasteiger partial charge is 0.492 e. The number of benzene rings is 1. The Kier molecular flexibility index (Phi) is 6.64. The van der Waals surface area contributed by atoms with Gasteiger partial charge in [0.1, 0.15) is 12.4 Å². The van der Waals surface area contributed by atoms with E-state index in [9.17, 15) is 0 Å². The molecular formula is C16H25ClN2O. The second-order valence-corrected chi connectivity index (χ2v) is 5.96. The summed E-state index contributed by atoms with van der Waals surface area (Å²) in [5.74, 6) is 0.836. The molecule has 1 unspecified atom stereocenters. The topological polar surface area (TPSA) is 24.5 Å². The molecule has 20 heavy (non-hydrogen) atoms. The zero-order valence-corrected chi connectivity index (χ0v) is 13.0. The van der Waals surface area contributed by atoms with Crippen LogP contribution in [0.5, 0.6) is 5.75 Å². The highest BCUT2D eigenvalue weighted by Gasteiger charge is 2.12. The third-order valence-corrected chi connectivity index (χ3v) is 3.88. The third kappa shape index (κ3) is 5.70. The van der Waals surface area contributed by atoms with E-state index >= 15 is 0 Å². The van der Waals surface area contributed by atoms with E-state index in [2.05, 4.69) is 17.1 Å². The summed E-state index contributed by atoms with van der Waals surface area (Å²) >= 11 is 5.92. The first kappa shape index (κ1) is 15.6. The maximum atomic E-state index is 5.92. The fourth-order valence-corrected chi connectivity index (χ4v) is 2.81. The van der Waals surface area contributed by atoms with E-state index in [0.29, 0.717) is 17.7 Å². The van der Waals surface area contributed by atoms with Crippen molar-refractivity contribution in [3.05, 3.63) is 29.3 Å². The van der Waals surface area contributed by atoms with Crippen molar-refractivity contribution in [3.63, 3.8) is 0 Å². The van der Waals surface area contributed by atoms with E-state index in [1.54, 1.807) is 0 Å². The van der Waals surface area contributed by atoms with Gasteiger partial charge in [0.05, 0.1) is 0 Å². The molecule has 0 spiro atoms. The first-order valence-corrected chi connectivity index (χ1v) is 7.96. The molecule has 1 aliphatic heterocycles. The number of ether oxygens (including phenoxy) is 1. The molecule has 4 heteroatoms. The zero-order valence-electron chi connectivity index (χ0n) is 12.3. The van der Waals surface area contributed by atoms with Gasteiger partial charge in [-0.1, -0.05) is 24.1 Å². The maximum absolute atomic E-state index is 5.92. The summed E-state index contributed by atoms with van der Waals surface area (Å²) in [5, 5.41) is 4.23. The second kappa shape index (κ2) is 8.50. The van der Waals surface area contributed by atoms with Gasteiger partial charge in [-0.25, -0.2) is 0 Å². The Bertz CT molecular complexity index is 394. The van der Waals surface area contributed by atoms with E-state index in [4.69, 9.17) is 16.3 Å². The minimum Gasteiger partial charge on any atom is -0.492 e. The average Bonchev–Trinajstić information content (AvgIpc) is 2.45. The molecule has 1 aromatic carbocycles. The number of hydrogen-bond acceptors (Lipinski definition) is 3. The van der Waals surface area contributed by atoms with Gasteiger partial charge in [-0.15, -0.1) is 0 Å². The smallest absolute Gasteiger partial charge is 0.120 e. The van der Waals surface area contributed by atoms with Crippen molar-refractivity contribution in [1.29, 1.82) is 0 Å². The fourth-order valence-electron chi connectivity index (χ4n) is 2.62.